The summed E-state index contributed by atoms with van der Waals surface area (Å²) in [5.41, 5.74) is 1.28. The van der Waals surface area contributed by atoms with Crippen LogP contribution < -0.4 is 10.2 Å². The molecule has 42 heavy (non-hydrogen) atoms. The maximum atomic E-state index is 13.5. The molecule has 1 unspecified atom stereocenters. The van der Waals surface area contributed by atoms with Crippen molar-refractivity contribution in [1.29, 1.82) is 0 Å². The average molecular weight is 626 g/mol. The number of piperazine rings is 1. The third kappa shape index (κ3) is 6.77. The number of nitrogens with one attached hydrogen (secondary N) is 1. The number of carbonyl (C=O) groups is 1. The molecular weight excluding hydrogens is 595 g/mol. The van der Waals surface area contributed by atoms with Gasteiger partial charge in [-0.3, -0.25) is 9.69 Å². The molecule has 2 aliphatic rings. The summed E-state index contributed by atoms with van der Waals surface area (Å²) in [5, 5.41) is 3.71. The molecule has 1 atom stereocenters. The van der Waals surface area contributed by atoms with E-state index in [1.54, 1.807) is 24.3 Å². The number of sulfonamides is 1. The molecule has 4 heterocycles. The number of amides is 1. The zero-order valence-electron chi connectivity index (χ0n) is 22.9. The lowest BCUT2D eigenvalue weighted by atomic mass is 10.0. The van der Waals surface area contributed by atoms with Crippen LogP contribution in [0.25, 0.3) is 10.9 Å². The molecule has 2 fully saturated rings. The van der Waals surface area contributed by atoms with Gasteiger partial charge in [-0.05, 0) is 50.2 Å². The minimum atomic E-state index is -4.64. The Balaban J connectivity index is 1.35. The van der Waals surface area contributed by atoms with Gasteiger partial charge in [0.05, 0.1) is 28.4 Å². The Morgan fingerprint density at radius 2 is 1.67 bits per heavy atom. The molecule has 0 bridgehead atoms. The second-order valence-electron chi connectivity index (χ2n) is 10.5. The highest BCUT2D eigenvalue weighted by molar-refractivity contribution is 7.88. The lowest BCUT2D eigenvalue weighted by Gasteiger charge is -2.34. The molecule has 1 N–H and O–H groups in total. The Bertz CT molecular complexity index is 1540. The summed E-state index contributed by atoms with van der Waals surface area (Å²) in [6.07, 6.45) is 1.85. The highest BCUT2D eigenvalue weighted by Crippen LogP contribution is 2.30. The fraction of sp³-hybridized carbons (Fsp3) is 0.481. The van der Waals surface area contributed by atoms with Gasteiger partial charge in [0.2, 0.25) is 15.8 Å². The lowest BCUT2D eigenvalue weighted by Crippen LogP contribution is -2.48. The summed E-state index contributed by atoms with van der Waals surface area (Å²) in [7, 11) is -3.26. The molecule has 2 aliphatic heterocycles. The number of fused-ring (bicyclic) bond motifs is 1. The number of piperidine rings is 1. The first-order valence-corrected chi connectivity index (χ1v) is 15.8. The summed E-state index contributed by atoms with van der Waals surface area (Å²) >= 11 is 6.49. The SMILES string of the molecule is CS(=O)(=O)N1CCN(c2ccc3c(C(=O)NCC(c4cnc(C(F)(F)F)nc4)N4CCCCC4)c(Cl)ccc3n2)CC1. The summed E-state index contributed by atoms with van der Waals surface area (Å²) in [4.78, 5) is 29.4. The number of carbonyl (C=O) groups excluding carboxylic acids is 1. The fourth-order valence-electron chi connectivity index (χ4n) is 5.44. The number of nitrogens with zero attached hydrogens (tertiary/aromatic N) is 6. The van der Waals surface area contributed by atoms with Crippen LogP contribution in [0.15, 0.2) is 36.7 Å². The van der Waals surface area contributed by atoms with Gasteiger partial charge in [0, 0.05) is 56.1 Å². The van der Waals surface area contributed by atoms with Crippen LogP contribution >= 0.6 is 11.6 Å². The molecule has 15 heteroatoms. The topological polar surface area (TPSA) is 112 Å². The van der Waals surface area contributed by atoms with Crippen molar-refractivity contribution in [1.82, 2.24) is 29.5 Å². The Labute approximate surface area is 246 Å². The largest absolute Gasteiger partial charge is 0.451 e. The van der Waals surface area contributed by atoms with Crippen LogP contribution in [0.4, 0.5) is 19.0 Å². The van der Waals surface area contributed by atoms with Crippen molar-refractivity contribution in [2.75, 3.05) is 57.0 Å². The first-order chi connectivity index (χ1) is 19.9. The number of anilines is 1. The van der Waals surface area contributed by atoms with Crippen molar-refractivity contribution >= 4 is 44.3 Å². The standard InChI is InChI=1S/C27H31ClF3N7O3S/c1-42(40,41)38-13-11-37(12-14-38)23-8-5-19-21(35-23)7-6-20(28)24(19)25(39)32-17-22(36-9-3-2-4-10-36)18-15-33-26(34-16-18)27(29,30)31/h5-8,15-16,22H,2-4,9-14,17H2,1H3,(H,32,39). The predicted molar refractivity (Wildman–Crippen MR) is 153 cm³/mol. The van der Waals surface area contributed by atoms with E-state index in [2.05, 4.69) is 20.2 Å². The van der Waals surface area contributed by atoms with E-state index in [-0.39, 0.29) is 17.1 Å². The van der Waals surface area contributed by atoms with Crippen LogP contribution in [-0.4, -0.2) is 90.6 Å². The minimum absolute atomic E-state index is 0.121. The Morgan fingerprint density at radius 3 is 2.29 bits per heavy atom. The van der Waals surface area contributed by atoms with Crippen molar-refractivity contribution in [3.05, 3.63) is 58.6 Å². The molecule has 2 aromatic heterocycles. The molecular formula is C27H31ClF3N7O3S. The maximum absolute atomic E-state index is 13.5. The minimum Gasteiger partial charge on any atom is -0.354 e. The normalized spacial score (nSPS) is 18.3. The van der Waals surface area contributed by atoms with Gasteiger partial charge in [-0.15, -0.1) is 0 Å². The van der Waals surface area contributed by atoms with Gasteiger partial charge in [0.25, 0.3) is 5.91 Å². The zero-order valence-corrected chi connectivity index (χ0v) is 24.5. The van der Waals surface area contributed by atoms with Crippen LogP contribution in [0.1, 0.15) is 47.1 Å². The van der Waals surface area contributed by atoms with Crippen LogP contribution in [0.2, 0.25) is 5.02 Å². The van der Waals surface area contributed by atoms with E-state index < -0.39 is 34.0 Å². The van der Waals surface area contributed by atoms with Gasteiger partial charge in [0.1, 0.15) is 5.82 Å². The lowest BCUT2D eigenvalue weighted by molar-refractivity contribution is -0.145. The van der Waals surface area contributed by atoms with Gasteiger partial charge in [-0.25, -0.2) is 23.4 Å². The Morgan fingerprint density at radius 1 is 1.00 bits per heavy atom. The van der Waals surface area contributed by atoms with E-state index in [1.165, 1.54) is 23.0 Å². The fourth-order valence-corrected chi connectivity index (χ4v) is 6.52. The van der Waals surface area contributed by atoms with Crippen LogP contribution in [-0.2, 0) is 16.2 Å². The first kappa shape index (κ1) is 30.4. The highest BCUT2D eigenvalue weighted by Gasteiger charge is 2.35. The molecule has 3 aromatic rings. The van der Waals surface area contributed by atoms with Crippen molar-refractivity contribution < 1.29 is 26.4 Å². The summed E-state index contributed by atoms with van der Waals surface area (Å²) in [6.45, 7) is 3.28. The van der Waals surface area contributed by atoms with E-state index >= 15 is 0 Å². The van der Waals surface area contributed by atoms with Crippen LogP contribution in [0, 0.1) is 0 Å². The maximum Gasteiger partial charge on any atom is 0.451 e. The average Bonchev–Trinajstić information content (AvgIpc) is 2.97. The number of benzene rings is 1. The second kappa shape index (κ2) is 12.3. The van der Waals surface area contributed by atoms with Gasteiger partial charge in [-0.1, -0.05) is 18.0 Å². The molecule has 1 amide bonds. The molecule has 226 valence electrons. The van der Waals surface area contributed by atoms with Crippen LogP contribution in [0.5, 0.6) is 0 Å². The second-order valence-corrected chi connectivity index (χ2v) is 12.9. The molecule has 0 spiro atoms. The number of hydrogen-bond donors (Lipinski definition) is 1. The third-order valence-electron chi connectivity index (χ3n) is 7.66. The zero-order chi connectivity index (χ0) is 30.1. The van der Waals surface area contributed by atoms with Crippen molar-refractivity contribution in [2.24, 2.45) is 0 Å². The third-order valence-corrected chi connectivity index (χ3v) is 9.28. The number of likely N-dealkylation sites (tertiary alicyclic amines) is 1. The van der Waals surface area contributed by atoms with E-state index in [0.29, 0.717) is 48.5 Å². The van der Waals surface area contributed by atoms with Crippen molar-refractivity contribution in [3.63, 3.8) is 0 Å². The monoisotopic (exact) mass is 625 g/mol. The van der Waals surface area contributed by atoms with E-state index in [4.69, 9.17) is 16.6 Å². The highest BCUT2D eigenvalue weighted by atomic mass is 35.5. The predicted octanol–water partition coefficient (Wildman–Crippen LogP) is 3.74. The van der Waals surface area contributed by atoms with Gasteiger partial charge in [-0.2, -0.15) is 17.5 Å². The quantitative estimate of drug-likeness (QED) is 0.423. The van der Waals surface area contributed by atoms with Crippen LogP contribution in [0.3, 0.4) is 0 Å². The smallest absolute Gasteiger partial charge is 0.354 e. The molecule has 10 nitrogen and oxygen atoms in total. The van der Waals surface area contributed by atoms with E-state index in [0.717, 1.165) is 32.4 Å². The number of hydrogen-bond acceptors (Lipinski definition) is 8. The summed E-state index contributed by atoms with van der Waals surface area (Å²) in [5.74, 6) is -0.979. The number of alkyl halides is 3. The summed E-state index contributed by atoms with van der Waals surface area (Å²) in [6, 6.07) is 6.46. The molecule has 0 radical (unpaired) electrons. The summed E-state index contributed by atoms with van der Waals surface area (Å²) < 4.78 is 64.2. The van der Waals surface area contributed by atoms with E-state index in [1.807, 2.05) is 4.90 Å². The molecule has 5 rings (SSSR count). The van der Waals surface area contributed by atoms with Crippen molar-refractivity contribution in [2.45, 2.75) is 31.5 Å². The number of aromatic nitrogens is 3. The first-order valence-electron chi connectivity index (χ1n) is 13.6. The van der Waals surface area contributed by atoms with Gasteiger partial charge in [0.15, 0.2) is 0 Å². The van der Waals surface area contributed by atoms with E-state index in [9.17, 15) is 26.4 Å². The Hall–Kier alpha value is -3.07. The number of rotatable bonds is 7. The molecule has 0 saturated carbocycles. The van der Waals surface area contributed by atoms with Crippen molar-refractivity contribution in [3.8, 4) is 0 Å². The molecule has 1 aromatic carbocycles. The molecule has 0 aliphatic carbocycles. The van der Waals surface area contributed by atoms with Gasteiger partial charge >= 0.3 is 6.18 Å². The number of pyridine rings is 1. The Kier molecular flexibility index (Phi) is 8.88. The molecule has 2 saturated heterocycles. The number of halogens is 4. The van der Waals surface area contributed by atoms with Gasteiger partial charge < -0.3 is 10.2 Å².